The van der Waals surface area contributed by atoms with E-state index in [0.717, 1.165) is 0 Å². The van der Waals surface area contributed by atoms with Gasteiger partial charge < -0.3 is 21.7 Å². The van der Waals surface area contributed by atoms with Gasteiger partial charge in [0, 0.05) is 30.4 Å². The maximum Gasteiger partial charge on any atom is 0.143 e. The number of fused-ring (bicyclic) bond motifs is 1. The van der Waals surface area contributed by atoms with Gasteiger partial charge >= 0.3 is 0 Å². The van der Waals surface area contributed by atoms with Gasteiger partial charge in [-0.05, 0) is 6.08 Å². The van der Waals surface area contributed by atoms with Gasteiger partial charge in [-0.15, -0.1) is 0 Å². The van der Waals surface area contributed by atoms with Crippen LogP contribution >= 0.6 is 0 Å². The fraction of sp³-hybridized carbons (Fsp3) is 0.333. The van der Waals surface area contributed by atoms with Crippen LogP contribution in [0.1, 0.15) is 0 Å². The highest BCUT2D eigenvalue weighted by Gasteiger charge is 2.20. The maximum absolute atomic E-state index is 13.3. The smallest absolute Gasteiger partial charge is 0.143 e. The molecular weight excluding hydrogens is 183 g/mol. The number of nitrogens with two attached hydrogens (primary N) is 1. The Bertz CT molecular complexity index is 350. The fourth-order valence-corrected chi connectivity index (χ4v) is 1.37. The molecule has 0 spiro atoms. The fourth-order valence-electron chi connectivity index (χ4n) is 1.37. The summed E-state index contributed by atoms with van der Waals surface area (Å²) in [4.78, 5) is 0. The second kappa shape index (κ2) is 3.60. The van der Waals surface area contributed by atoms with E-state index >= 15 is 0 Å². The zero-order valence-electron chi connectivity index (χ0n) is 7.47. The Morgan fingerprint density at radius 2 is 2.36 bits per heavy atom. The molecule has 0 fully saturated rings. The number of hydrogen-bond donors (Lipinski definition) is 4. The molecule has 0 saturated heterocycles. The van der Waals surface area contributed by atoms with Crippen LogP contribution in [-0.2, 0) is 0 Å². The van der Waals surface area contributed by atoms with Gasteiger partial charge in [0.2, 0.25) is 0 Å². The van der Waals surface area contributed by atoms with Crippen molar-refractivity contribution in [3.8, 4) is 12.1 Å². The van der Waals surface area contributed by atoms with E-state index in [4.69, 9.17) is 5.73 Å². The summed E-state index contributed by atoms with van der Waals surface area (Å²) in [7, 11) is 0. The van der Waals surface area contributed by atoms with Crippen molar-refractivity contribution in [3.05, 3.63) is 23.7 Å². The molecular formula is C9H11FN4. The van der Waals surface area contributed by atoms with Gasteiger partial charge in [-0.25, -0.2) is 4.39 Å². The van der Waals surface area contributed by atoms with Crippen molar-refractivity contribution in [2.24, 2.45) is 5.73 Å². The number of rotatable bonds is 0. The van der Waals surface area contributed by atoms with Crippen molar-refractivity contribution in [1.29, 1.82) is 0 Å². The topological polar surface area (TPSA) is 62.1 Å². The molecule has 0 aromatic heterocycles. The minimum atomic E-state index is -0.370. The molecule has 2 atom stereocenters. The molecule has 2 heterocycles. The molecule has 0 amide bonds. The van der Waals surface area contributed by atoms with Crippen molar-refractivity contribution < 1.29 is 4.39 Å². The molecule has 0 aliphatic carbocycles. The second-order valence-electron chi connectivity index (χ2n) is 3.14. The third-order valence-corrected chi connectivity index (χ3v) is 2.11. The summed E-state index contributed by atoms with van der Waals surface area (Å²) in [5.74, 6) is -0.320. The number of dihydropyridines is 1. The SMILES string of the molecule is NC1CNC#CNC2C=C1C(F)=CN2. The summed E-state index contributed by atoms with van der Waals surface area (Å²) in [6.45, 7) is 0.439. The van der Waals surface area contributed by atoms with E-state index < -0.39 is 0 Å². The van der Waals surface area contributed by atoms with Gasteiger partial charge in [0.25, 0.3) is 0 Å². The third-order valence-electron chi connectivity index (χ3n) is 2.11. The van der Waals surface area contributed by atoms with Crippen LogP contribution in [0.4, 0.5) is 4.39 Å². The van der Waals surface area contributed by atoms with Crippen molar-refractivity contribution in [2.45, 2.75) is 12.2 Å². The quantitative estimate of drug-likeness (QED) is 0.377. The Morgan fingerprint density at radius 1 is 1.50 bits per heavy atom. The highest BCUT2D eigenvalue weighted by Crippen LogP contribution is 2.17. The minimum absolute atomic E-state index is 0.178. The Labute approximate surface area is 81.4 Å². The van der Waals surface area contributed by atoms with Crippen molar-refractivity contribution >= 4 is 0 Å². The van der Waals surface area contributed by atoms with E-state index in [1.165, 1.54) is 6.20 Å². The van der Waals surface area contributed by atoms with Gasteiger partial charge in [0.15, 0.2) is 0 Å². The van der Waals surface area contributed by atoms with E-state index in [2.05, 4.69) is 28.0 Å². The molecule has 2 aliphatic heterocycles. The minimum Gasteiger partial charge on any atom is -0.365 e. The van der Waals surface area contributed by atoms with Crippen LogP contribution in [0, 0.1) is 12.1 Å². The van der Waals surface area contributed by atoms with Gasteiger partial charge in [0.05, 0.1) is 6.04 Å². The molecule has 14 heavy (non-hydrogen) atoms. The molecule has 2 rings (SSSR count). The lowest BCUT2D eigenvalue weighted by Crippen LogP contribution is -2.40. The van der Waals surface area contributed by atoms with Crippen LogP contribution in [0.15, 0.2) is 23.7 Å². The Kier molecular flexibility index (Phi) is 2.29. The lowest BCUT2D eigenvalue weighted by Gasteiger charge is -2.21. The molecule has 0 aromatic carbocycles. The van der Waals surface area contributed by atoms with Gasteiger partial charge in [0.1, 0.15) is 12.0 Å². The van der Waals surface area contributed by atoms with Crippen molar-refractivity contribution in [3.63, 3.8) is 0 Å². The standard InChI is InChI=1S/C9H11FN4/c10-7-4-14-9-3-6(7)8(11)5-12-1-2-13-9/h3-4,8-9,12-14H,5,11H2. The first kappa shape index (κ1) is 8.91. The first-order valence-corrected chi connectivity index (χ1v) is 4.35. The largest absolute Gasteiger partial charge is 0.365 e. The van der Waals surface area contributed by atoms with E-state index in [1.807, 2.05) is 0 Å². The Balaban J connectivity index is 2.27. The van der Waals surface area contributed by atoms with Crippen LogP contribution < -0.4 is 21.7 Å². The third kappa shape index (κ3) is 1.65. The normalized spacial score (nSPS) is 29.6. The van der Waals surface area contributed by atoms with Crippen LogP contribution in [0.25, 0.3) is 0 Å². The number of hydrogen-bond acceptors (Lipinski definition) is 4. The lowest BCUT2D eigenvalue weighted by molar-refractivity contribution is 0.552. The molecule has 5 heteroatoms. The summed E-state index contributed by atoms with van der Waals surface area (Å²) >= 11 is 0. The predicted octanol–water partition coefficient (Wildman–Crippen LogP) is -0.909. The van der Waals surface area contributed by atoms with E-state index in [9.17, 15) is 4.39 Å². The average Bonchev–Trinajstić information content (AvgIpc) is 2.25. The summed E-state index contributed by atoms with van der Waals surface area (Å²) in [5, 5.41) is 8.46. The lowest BCUT2D eigenvalue weighted by atomic mass is 10.0. The second-order valence-corrected chi connectivity index (χ2v) is 3.14. The monoisotopic (exact) mass is 194 g/mol. The van der Waals surface area contributed by atoms with Crippen LogP contribution in [-0.4, -0.2) is 18.8 Å². The summed E-state index contributed by atoms with van der Waals surface area (Å²) in [6.07, 6.45) is 2.84. The van der Waals surface area contributed by atoms with Crippen LogP contribution in [0.3, 0.4) is 0 Å². The van der Waals surface area contributed by atoms with Gasteiger partial charge in [-0.2, -0.15) is 0 Å². The molecule has 0 radical (unpaired) electrons. The van der Waals surface area contributed by atoms with Crippen LogP contribution in [0.2, 0.25) is 0 Å². The summed E-state index contributed by atoms with van der Waals surface area (Å²) in [5.41, 5.74) is 6.28. The highest BCUT2D eigenvalue weighted by molar-refractivity contribution is 5.35. The van der Waals surface area contributed by atoms with E-state index in [0.29, 0.717) is 12.1 Å². The Hall–Kier alpha value is -1.67. The van der Waals surface area contributed by atoms with E-state index in [1.54, 1.807) is 6.08 Å². The zero-order valence-corrected chi connectivity index (χ0v) is 7.47. The summed E-state index contributed by atoms with van der Waals surface area (Å²) in [6, 6.07) is 5.00. The molecule has 2 unspecified atom stereocenters. The van der Waals surface area contributed by atoms with Gasteiger partial charge in [-0.1, -0.05) is 0 Å². The first-order valence-electron chi connectivity index (χ1n) is 4.35. The molecule has 0 saturated carbocycles. The predicted molar refractivity (Wildman–Crippen MR) is 51.1 cm³/mol. The first-order chi connectivity index (χ1) is 6.77. The molecule has 0 aromatic rings. The maximum atomic E-state index is 13.3. The van der Waals surface area contributed by atoms with Crippen LogP contribution in [0.5, 0.6) is 0 Å². The molecule has 4 nitrogen and oxygen atoms in total. The molecule has 2 aliphatic rings. The Morgan fingerprint density at radius 3 is 3.21 bits per heavy atom. The van der Waals surface area contributed by atoms with Crippen molar-refractivity contribution in [1.82, 2.24) is 16.0 Å². The molecule has 74 valence electrons. The number of halogens is 1. The molecule has 2 bridgehead atoms. The zero-order chi connectivity index (χ0) is 9.97. The average molecular weight is 194 g/mol. The van der Waals surface area contributed by atoms with Crippen molar-refractivity contribution in [2.75, 3.05) is 6.54 Å². The molecule has 5 N–H and O–H groups in total. The van der Waals surface area contributed by atoms with Gasteiger partial charge in [-0.3, -0.25) is 0 Å². The summed E-state index contributed by atoms with van der Waals surface area (Å²) < 4.78 is 13.3. The van der Waals surface area contributed by atoms with E-state index in [-0.39, 0.29) is 18.0 Å². The number of nitrogens with one attached hydrogen (secondary N) is 3. The highest BCUT2D eigenvalue weighted by atomic mass is 19.1.